The van der Waals surface area contributed by atoms with Crippen LogP contribution in [0.5, 0.6) is 0 Å². The molecule has 0 saturated carbocycles. The smallest absolute Gasteiger partial charge is 0.234 e. The zero-order valence-corrected chi connectivity index (χ0v) is 9.92. The molecule has 0 aromatic rings. The van der Waals surface area contributed by atoms with Crippen molar-refractivity contribution in [3.63, 3.8) is 0 Å². The van der Waals surface area contributed by atoms with Crippen molar-refractivity contribution >= 4 is 5.91 Å². The van der Waals surface area contributed by atoms with Gasteiger partial charge in [0.15, 0.2) is 0 Å². The summed E-state index contributed by atoms with van der Waals surface area (Å²) in [6.07, 6.45) is 0. The molecule has 1 amide bonds. The predicted octanol–water partition coefficient (Wildman–Crippen LogP) is 0.0507. The molecular formula is C10H23N3O. The normalized spacial score (nSPS) is 13.4. The molecule has 0 aliphatic rings. The average Bonchev–Trinajstić information content (AvgIpc) is 2.10. The molecule has 0 aliphatic heterocycles. The van der Waals surface area contributed by atoms with E-state index in [4.69, 9.17) is 0 Å². The lowest BCUT2D eigenvalue weighted by Gasteiger charge is -2.20. The van der Waals surface area contributed by atoms with Crippen molar-refractivity contribution in [3.8, 4) is 0 Å². The lowest BCUT2D eigenvalue weighted by atomic mass is 10.3. The Labute approximate surface area is 87.0 Å². The Hall–Kier alpha value is -0.610. The Kier molecular flexibility index (Phi) is 6.49. The summed E-state index contributed by atoms with van der Waals surface area (Å²) in [4.78, 5) is 13.4. The van der Waals surface area contributed by atoms with Gasteiger partial charge in [-0.15, -0.1) is 0 Å². The van der Waals surface area contributed by atoms with Crippen molar-refractivity contribution in [2.45, 2.75) is 32.9 Å². The van der Waals surface area contributed by atoms with E-state index in [9.17, 15) is 4.79 Å². The molecule has 1 atom stereocenters. The number of amides is 1. The molecule has 0 fully saturated rings. The molecular weight excluding hydrogens is 178 g/mol. The molecule has 0 bridgehead atoms. The fourth-order valence-electron chi connectivity index (χ4n) is 0.803. The summed E-state index contributed by atoms with van der Waals surface area (Å²) < 4.78 is 0. The minimum absolute atomic E-state index is 0.0624. The van der Waals surface area contributed by atoms with Gasteiger partial charge in [0.05, 0.1) is 6.54 Å². The van der Waals surface area contributed by atoms with E-state index in [0.717, 1.165) is 0 Å². The van der Waals surface area contributed by atoms with Crippen LogP contribution in [0, 0.1) is 0 Å². The number of hydrogen-bond donors (Lipinski definition) is 2. The molecule has 0 aromatic carbocycles. The van der Waals surface area contributed by atoms with Gasteiger partial charge in [0.1, 0.15) is 0 Å². The third kappa shape index (κ3) is 6.86. The van der Waals surface area contributed by atoms with Gasteiger partial charge in [-0.2, -0.15) is 0 Å². The quantitative estimate of drug-likeness (QED) is 0.638. The van der Waals surface area contributed by atoms with Crippen LogP contribution in [0.15, 0.2) is 0 Å². The highest BCUT2D eigenvalue weighted by Crippen LogP contribution is 1.87. The lowest BCUT2D eigenvalue weighted by Crippen LogP contribution is -2.42. The fraction of sp³-hybridized carbons (Fsp3) is 0.900. The highest BCUT2D eigenvalue weighted by atomic mass is 16.1. The first-order valence-electron chi connectivity index (χ1n) is 5.10. The van der Waals surface area contributed by atoms with Crippen LogP contribution >= 0.6 is 0 Å². The summed E-state index contributed by atoms with van der Waals surface area (Å²) in [5.41, 5.74) is 0. The molecule has 2 N–H and O–H groups in total. The van der Waals surface area contributed by atoms with E-state index in [-0.39, 0.29) is 5.91 Å². The molecule has 84 valence electrons. The summed E-state index contributed by atoms with van der Waals surface area (Å²) in [5.74, 6) is 0.0624. The topological polar surface area (TPSA) is 44.4 Å². The van der Waals surface area contributed by atoms with Crippen LogP contribution in [0.2, 0.25) is 0 Å². The number of likely N-dealkylation sites (N-methyl/N-ethyl adjacent to an activating group) is 1. The van der Waals surface area contributed by atoms with Gasteiger partial charge in [-0.25, -0.2) is 0 Å². The largest absolute Gasteiger partial charge is 0.353 e. The molecule has 4 heteroatoms. The van der Waals surface area contributed by atoms with Crippen molar-refractivity contribution in [1.82, 2.24) is 15.5 Å². The molecule has 0 aromatic heterocycles. The number of carbonyl (C=O) groups excluding carboxylic acids is 1. The zero-order valence-electron chi connectivity index (χ0n) is 9.92. The maximum atomic E-state index is 11.3. The first-order chi connectivity index (χ1) is 6.43. The van der Waals surface area contributed by atoms with Crippen LogP contribution in [0.25, 0.3) is 0 Å². The van der Waals surface area contributed by atoms with Gasteiger partial charge in [0.2, 0.25) is 5.91 Å². The third-order valence-corrected chi connectivity index (χ3v) is 2.15. The van der Waals surface area contributed by atoms with Crippen LogP contribution in [0.4, 0.5) is 0 Å². The van der Waals surface area contributed by atoms with Crippen LogP contribution in [0.1, 0.15) is 20.8 Å². The van der Waals surface area contributed by atoms with Crippen molar-refractivity contribution in [2.75, 3.05) is 27.2 Å². The molecule has 14 heavy (non-hydrogen) atoms. The number of rotatable bonds is 6. The molecule has 0 radical (unpaired) electrons. The van der Waals surface area contributed by atoms with Gasteiger partial charge in [-0.3, -0.25) is 4.79 Å². The van der Waals surface area contributed by atoms with Crippen LogP contribution in [0.3, 0.4) is 0 Å². The summed E-state index contributed by atoms with van der Waals surface area (Å²) in [5, 5.41) is 5.95. The molecule has 1 unspecified atom stereocenters. The highest BCUT2D eigenvalue weighted by molar-refractivity contribution is 5.78. The van der Waals surface area contributed by atoms with Gasteiger partial charge < -0.3 is 15.5 Å². The van der Waals surface area contributed by atoms with Gasteiger partial charge in [-0.1, -0.05) is 13.8 Å². The van der Waals surface area contributed by atoms with Crippen molar-refractivity contribution < 1.29 is 4.79 Å². The predicted molar refractivity (Wildman–Crippen MR) is 59.3 cm³/mol. The van der Waals surface area contributed by atoms with E-state index in [1.807, 2.05) is 27.9 Å². The van der Waals surface area contributed by atoms with E-state index in [2.05, 4.69) is 22.5 Å². The SMILES string of the molecule is CC(C)NCC(=O)NCC(C)N(C)C. The lowest BCUT2D eigenvalue weighted by molar-refractivity contribution is -0.120. The van der Waals surface area contributed by atoms with E-state index < -0.39 is 0 Å². The van der Waals surface area contributed by atoms with Gasteiger partial charge >= 0.3 is 0 Å². The molecule has 4 nitrogen and oxygen atoms in total. The van der Waals surface area contributed by atoms with Crippen LogP contribution < -0.4 is 10.6 Å². The number of nitrogens with zero attached hydrogens (tertiary/aromatic N) is 1. The van der Waals surface area contributed by atoms with Crippen molar-refractivity contribution in [2.24, 2.45) is 0 Å². The van der Waals surface area contributed by atoms with Gasteiger partial charge in [0, 0.05) is 18.6 Å². The van der Waals surface area contributed by atoms with E-state index >= 15 is 0 Å². The van der Waals surface area contributed by atoms with E-state index in [1.54, 1.807) is 0 Å². The minimum Gasteiger partial charge on any atom is -0.353 e. The Bertz CT molecular complexity index is 169. The Morgan fingerprint density at radius 2 is 1.86 bits per heavy atom. The zero-order chi connectivity index (χ0) is 11.1. The number of carbonyl (C=O) groups is 1. The Morgan fingerprint density at radius 3 is 2.29 bits per heavy atom. The van der Waals surface area contributed by atoms with Crippen LogP contribution in [-0.2, 0) is 4.79 Å². The summed E-state index contributed by atoms with van der Waals surface area (Å²) in [6, 6.07) is 0.727. The van der Waals surface area contributed by atoms with E-state index in [1.165, 1.54) is 0 Å². The van der Waals surface area contributed by atoms with Crippen LogP contribution in [-0.4, -0.2) is 50.1 Å². The second-order valence-electron chi connectivity index (χ2n) is 4.15. The fourth-order valence-corrected chi connectivity index (χ4v) is 0.803. The second-order valence-corrected chi connectivity index (χ2v) is 4.15. The molecule has 0 aliphatic carbocycles. The van der Waals surface area contributed by atoms with Crippen molar-refractivity contribution in [3.05, 3.63) is 0 Å². The minimum atomic E-state index is 0.0624. The summed E-state index contributed by atoms with van der Waals surface area (Å²) >= 11 is 0. The number of hydrogen-bond acceptors (Lipinski definition) is 3. The first-order valence-corrected chi connectivity index (χ1v) is 5.10. The molecule has 0 rings (SSSR count). The summed E-state index contributed by atoms with van der Waals surface area (Å²) in [6.45, 7) is 7.23. The second kappa shape index (κ2) is 6.79. The highest BCUT2D eigenvalue weighted by Gasteiger charge is 2.06. The third-order valence-electron chi connectivity index (χ3n) is 2.15. The molecule has 0 heterocycles. The standard InChI is InChI=1S/C10H23N3O/c1-8(2)11-7-10(14)12-6-9(3)13(4)5/h8-9,11H,6-7H2,1-5H3,(H,12,14). The maximum absolute atomic E-state index is 11.3. The summed E-state index contributed by atoms with van der Waals surface area (Å²) in [7, 11) is 4.01. The number of nitrogens with one attached hydrogen (secondary N) is 2. The first kappa shape index (κ1) is 13.4. The van der Waals surface area contributed by atoms with Crippen molar-refractivity contribution in [1.29, 1.82) is 0 Å². The average molecular weight is 201 g/mol. The monoisotopic (exact) mass is 201 g/mol. The molecule has 0 spiro atoms. The Morgan fingerprint density at radius 1 is 1.29 bits per heavy atom. The maximum Gasteiger partial charge on any atom is 0.234 e. The van der Waals surface area contributed by atoms with E-state index in [0.29, 0.717) is 25.2 Å². The van der Waals surface area contributed by atoms with Gasteiger partial charge in [0.25, 0.3) is 0 Å². The Balaban J connectivity index is 3.54. The van der Waals surface area contributed by atoms with Gasteiger partial charge in [-0.05, 0) is 21.0 Å². The molecule has 0 saturated heterocycles.